The summed E-state index contributed by atoms with van der Waals surface area (Å²) in [6.07, 6.45) is 4.81. The van der Waals surface area contributed by atoms with Crippen LogP contribution in [0.3, 0.4) is 0 Å². The topological polar surface area (TPSA) is 61.8 Å². The van der Waals surface area contributed by atoms with Crippen molar-refractivity contribution in [3.05, 3.63) is 29.3 Å². The number of methoxy groups -OCH3 is 1. The van der Waals surface area contributed by atoms with Crippen molar-refractivity contribution < 1.29 is 23.8 Å². The SMILES string of the molecule is CC.CCCC1[C@H]2c3cccc(CCCC(=O)OC)c3O[C@H]2C[C@H]1OC(C)=O. The van der Waals surface area contributed by atoms with Gasteiger partial charge in [-0.05, 0) is 24.8 Å². The first-order valence-electron chi connectivity index (χ1n) is 10.6. The molecule has 1 aliphatic carbocycles. The monoisotopic (exact) mass is 390 g/mol. The van der Waals surface area contributed by atoms with Gasteiger partial charge in [0.2, 0.25) is 0 Å². The van der Waals surface area contributed by atoms with Crippen LogP contribution < -0.4 is 4.74 Å². The summed E-state index contributed by atoms with van der Waals surface area (Å²) in [5.74, 6) is 1.18. The van der Waals surface area contributed by atoms with Crippen LogP contribution in [0.25, 0.3) is 0 Å². The Morgan fingerprint density at radius 2 is 2.00 bits per heavy atom. The molecule has 5 heteroatoms. The van der Waals surface area contributed by atoms with Crippen LogP contribution in [0, 0.1) is 5.92 Å². The van der Waals surface area contributed by atoms with E-state index in [0.717, 1.165) is 43.4 Å². The first-order valence-corrected chi connectivity index (χ1v) is 10.6. The number of ether oxygens (including phenoxy) is 3. The van der Waals surface area contributed by atoms with Crippen molar-refractivity contribution in [3.8, 4) is 5.75 Å². The molecule has 0 spiro atoms. The number of benzene rings is 1. The minimum Gasteiger partial charge on any atom is -0.489 e. The lowest BCUT2D eigenvalue weighted by atomic mass is 9.84. The summed E-state index contributed by atoms with van der Waals surface area (Å²) in [4.78, 5) is 22.8. The fourth-order valence-corrected chi connectivity index (χ4v) is 4.54. The quantitative estimate of drug-likeness (QED) is 0.626. The van der Waals surface area contributed by atoms with Gasteiger partial charge >= 0.3 is 11.9 Å². The predicted octanol–water partition coefficient (Wildman–Crippen LogP) is 4.80. The predicted molar refractivity (Wildman–Crippen MR) is 108 cm³/mol. The minimum atomic E-state index is -0.215. The van der Waals surface area contributed by atoms with Crippen molar-refractivity contribution in [2.75, 3.05) is 7.11 Å². The molecular formula is C23H34O5. The van der Waals surface area contributed by atoms with Crippen molar-refractivity contribution in [1.29, 1.82) is 0 Å². The molecule has 3 rings (SSSR count). The molecule has 0 N–H and O–H groups in total. The van der Waals surface area contributed by atoms with Crippen LogP contribution in [0.4, 0.5) is 0 Å². The maximum Gasteiger partial charge on any atom is 0.305 e. The van der Waals surface area contributed by atoms with Crippen LogP contribution in [-0.4, -0.2) is 31.3 Å². The van der Waals surface area contributed by atoms with Crippen molar-refractivity contribution >= 4 is 11.9 Å². The maximum absolute atomic E-state index is 11.5. The highest BCUT2D eigenvalue weighted by atomic mass is 16.5. The molecule has 1 aliphatic heterocycles. The Labute approximate surface area is 168 Å². The molecule has 5 nitrogen and oxygen atoms in total. The molecule has 0 aromatic heterocycles. The van der Waals surface area contributed by atoms with E-state index >= 15 is 0 Å². The molecule has 0 bridgehead atoms. The fraction of sp³-hybridized carbons (Fsp3) is 0.652. The van der Waals surface area contributed by atoms with Gasteiger partial charge in [0.25, 0.3) is 0 Å². The van der Waals surface area contributed by atoms with Crippen molar-refractivity contribution in [1.82, 2.24) is 0 Å². The Morgan fingerprint density at radius 3 is 2.64 bits per heavy atom. The number of carbonyl (C=O) groups excluding carboxylic acids is 2. The van der Waals surface area contributed by atoms with E-state index in [2.05, 4.69) is 25.1 Å². The molecule has 1 unspecified atom stereocenters. The summed E-state index contributed by atoms with van der Waals surface area (Å²) in [5, 5.41) is 0. The average molecular weight is 391 g/mol. The van der Waals surface area contributed by atoms with Crippen LogP contribution >= 0.6 is 0 Å². The Kier molecular flexibility index (Phi) is 8.34. The van der Waals surface area contributed by atoms with Gasteiger partial charge in [0.15, 0.2) is 0 Å². The van der Waals surface area contributed by atoms with Gasteiger partial charge in [0, 0.05) is 37.2 Å². The number of hydrogen-bond donors (Lipinski definition) is 0. The van der Waals surface area contributed by atoms with Crippen LogP contribution in [0.1, 0.15) is 76.8 Å². The van der Waals surface area contributed by atoms with E-state index < -0.39 is 0 Å². The summed E-state index contributed by atoms with van der Waals surface area (Å²) in [6.45, 7) is 7.64. The van der Waals surface area contributed by atoms with E-state index in [1.54, 1.807) is 0 Å². The van der Waals surface area contributed by atoms with Gasteiger partial charge in [0.1, 0.15) is 18.0 Å². The van der Waals surface area contributed by atoms with Crippen molar-refractivity contribution in [2.45, 2.75) is 84.3 Å². The lowest BCUT2D eigenvalue weighted by molar-refractivity contribution is -0.148. The molecule has 0 radical (unpaired) electrons. The van der Waals surface area contributed by atoms with E-state index in [4.69, 9.17) is 14.2 Å². The second kappa shape index (κ2) is 10.5. The van der Waals surface area contributed by atoms with E-state index in [1.165, 1.54) is 19.6 Å². The van der Waals surface area contributed by atoms with Crippen LogP contribution in [0.5, 0.6) is 5.75 Å². The highest BCUT2D eigenvalue weighted by Gasteiger charge is 2.51. The van der Waals surface area contributed by atoms with Crippen molar-refractivity contribution in [3.63, 3.8) is 0 Å². The molecule has 1 aromatic carbocycles. The Morgan fingerprint density at radius 1 is 1.25 bits per heavy atom. The molecular weight excluding hydrogens is 356 g/mol. The van der Waals surface area contributed by atoms with E-state index in [1.807, 2.05) is 13.8 Å². The molecule has 2 aliphatic rings. The summed E-state index contributed by atoms with van der Waals surface area (Å²) in [7, 11) is 1.42. The summed E-state index contributed by atoms with van der Waals surface area (Å²) >= 11 is 0. The Hall–Kier alpha value is -2.04. The minimum absolute atomic E-state index is 0.0569. The maximum atomic E-state index is 11.5. The molecule has 1 fully saturated rings. The van der Waals surface area contributed by atoms with Crippen LogP contribution in [-0.2, 0) is 25.5 Å². The number of fused-ring (bicyclic) bond motifs is 3. The second-order valence-corrected chi connectivity index (χ2v) is 7.28. The normalized spacial score (nSPS) is 24.3. The van der Waals surface area contributed by atoms with Crippen LogP contribution in [0.15, 0.2) is 18.2 Å². The summed E-state index contributed by atoms with van der Waals surface area (Å²) in [5.41, 5.74) is 2.39. The molecule has 28 heavy (non-hydrogen) atoms. The van der Waals surface area contributed by atoms with Crippen LogP contribution in [0.2, 0.25) is 0 Å². The fourth-order valence-electron chi connectivity index (χ4n) is 4.54. The number of carbonyl (C=O) groups is 2. The molecule has 1 heterocycles. The molecule has 1 aromatic rings. The van der Waals surface area contributed by atoms with E-state index in [0.29, 0.717) is 12.3 Å². The molecule has 156 valence electrons. The first-order chi connectivity index (χ1) is 13.5. The third-order valence-corrected chi connectivity index (χ3v) is 5.55. The summed E-state index contributed by atoms with van der Waals surface area (Å²) < 4.78 is 16.6. The van der Waals surface area contributed by atoms with Gasteiger partial charge in [-0.15, -0.1) is 0 Å². The number of aryl methyl sites for hydroxylation is 1. The zero-order valence-corrected chi connectivity index (χ0v) is 17.8. The number of para-hydroxylation sites is 1. The Balaban J connectivity index is 0.00000136. The van der Waals surface area contributed by atoms with Crippen molar-refractivity contribution in [2.24, 2.45) is 5.92 Å². The van der Waals surface area contributed by atoms with E-state index in [9.17, 15) is 9.59 Å². The van der Waals surface area contributed by atoms with Gasteiger partial charge in [0.05, 0.1) is 7.11 Å². The molecule has 4 atom stereocenters. The summed E-state index contributed by atoms with van der Waals surface area (Å²) in [6, 6.07) is 6.29. The third kappa shape index (κ3) is 4.86. The average Bonchev–Trinajstić information content (AvgIpc) is 3.20. The van der Waals surface area contributed by atoms with Gasteiger partial charge in [-0.3, -0.25) is 9.59 Å². The van der Waals surface area contributed by atoms with E-state index in [-0.39, 0.29) is 30.1 Å². The smallest absolute Gasteiger partial charge is 0.305 e. The lowest BCUT2D eigenvalue weighted by Crippen LogP contribution is -2.23. The van der Waals surface area contributed by atoms with Gasteiger partial charge in [-0.25, -0.2) is 0 Å². The number of rotatable bonds is 7. The zero-order chi connectivity index (χ0) is 20.7. The second-order valence-electron chi connectivity index (χ2n) is 7.28. The molecule has 1 saturated carbocycles. The Bertz CT molecular complexity index is 669. The lowest BCUT2D eigenvalue weighted by Gasteiger charge is -2.23. The zero-order valence-electron chi connectivity index (χ0n) is 17.8. The van der Waals surface area contributed by atoms with Gasteiger partial charge in [-0.2, -0.15) is 0 Å². The number of hydrogen-bond acceptors (Lipinski definition) is 5. The van der Waals surface area contributed by atoms with Gasteiger partial charge < -0.3 is 14.2 Å². The molecule has 0 amide bonds. The largest absolute Gasteiger partial charge is 0.489 e. The first kappa shape index (κ1) is 22.3. The highest BCUT2D eigenvalue weighted by molar-refractivity contribution is 5.69. The highest BCUT2D eigenvalue weighted by Crippen LogP contribution is 2.53. The molecule has 0 saturated heterocycles. The standard InChI is InChI=1S/C21H28O5.C2H6/c1-4-7-15-17(25-13(2)22)12-18-20(15)16-10-5-8-14(21(16)26-18)9-6-11-19(23)24-3;1-2/h5,8,10,15,17-18,20H,4,6-7,9,11-12H2,1-3H3;1-2H3/t15?,17-,18+,20+;/m1./s1. The number of esters is 2. The van der Waals surface area contributed by atoms with Gasteiger partial charge in [-0.1, -0.05) is 45.4 Å². The third-order valence-electron chi connectivity index (χ3n) is 5.55.